The van der Waals surface area contributed by atoms with E-state index in [1.54, 1.807) is 12.1 Å². The molecule has 0 saturated heterocycles. The van der Waals surface area contributed by atoms with Gasteiger partial charge in [0.15, 0.2) is 0 Å². The second kappa shape index (κ2) is 6.91. The maximum atomic E-state index is 11.9. The smallest absolute Gasteiger partial charge is 0.277 e. The van der Waals surface area contributed by atoms with Crippen LogP contribution in [0.15, 0.2) is 97.1 Å². The molecule has 0 N–H and O–H groups in total. The molecule has 6 rings (SSSR count). The van der Waals surface area contributed by atoms with E-state index in [0.29, 0.717) is 5.56 Å². The number of nitro benzene ring substituents is 1. The molecule has 0 atom stereocenters. The first-order chi connectivity index (χ1) is 16.0. The van der Waals surface area contributed by atoms with Crippen molar-refractivity contribution >= 4 is 16.6 Å². The molecule has 4 heteroatoms. The molecule has 1 heterocycles. The van der Waals surface area contributed by atoms with Crippen LogP contribution >= 0.6 is 0 Å². The molecule has 1 aromatic heterocycles. The van der Waals surface area contributed by atoms with Gasteiger partial charge in [-0.1, -0.05) is 80.6 Å². The van der Waals surface area contributed by atoms with Crippen molar-refractivity contribution in [2.24, 2.45) is 0 Å². The normalized spacial score (nSPS) is 13.6. The number of fused-ring (bicyclic) bond motifs is 5. The molecule has 0 unspecified atom stereocenters. The van der Waals surface area contributed by atoms with E-state index in [-0.39, 0.29) is 16.0 Å². The minimum absolute atomic E-state index is 0.125. The summed E-state index contributed by atoms with van der Waals surface area (Å²) in [5.74, 6) is 0. The molecule has 5 aromatic rings. The number of hydrogen-bond donors (Lipinski definition) is 0. The van der Waals surface area contributed by atoms with E-state index in [2.05, 4.69) is 60.9 Å². The summed E-state index contributed by atoms with van der Waals surface area (Å²) in [5.41, 5.74) is 8.44. The second-order valence-corrected chi connectivity index (χ2v) is 9.04. The molecule has 0 saturated carbocycles. The number of benzene rings is 4. The van der Waals surface area contributed by atoms with Crippen LogP contribution < -0.4 is 0 Å². The highest BCUT2D eigenvalue weighted by Gasteiger charge is 2.41. The zero-order valence-corrected chi connectivity index (χ0v) is 18.4. The Bertz CT molecular complexity index is 1560. The minimum Gasteiger partial charge on any atom is -0.309 e. The van der Waals surface area contributed by atoms with Gasteiger partial charge in [-0.05, 0) is 41.0 Å². The van der Waals surface area contributed by atoms with E-state index in [1.165, 1.54) is 22.4 Å². The fraction of sp³-hybridized carbons (Fsp3) is 0.103. The Balaban J connectivity index is 1.82. The standard InChI is InChI=1S/C29H22N2O2/c1-29(2)23-16-8-6-14-22(23)28-27(29)26-21(20-13-7-9-17-24(20)31(32)33)15-10-18-25(26)30(28)19-11-4-3-5-12-19/h3-18H,1-2H3. The van der Waals surface area contributed by atoms with Crippen molar-refractivity contribution in [1.82, 2.24) is 4.57 Å². The summed E-state index contributed by atoms with van der Waals surface area (Å²) in [5, 5.41) is 13.0. The van der Waals surface area contributed by atoms with Gasteiger partial charge >= 0.3 is 0 Å². The molecule has 33 heavy (non-hydrogen) atoms. The van der Waals surface area contributed by atoms with E-state index in [4.69, 9.17) is 0 Å². The quantitative estimate of drug-likeness (QED) is 0.220. The number of hydrogen-bond acceptors (Lipinski definition) is 2. The lowest BCUT2D eigenvalue weighted by atomic mass is 9.80. The highest BCUT2D eigenvalue weighted by atomic mass is 16.6. The van der Waals surface area contributed by atoms with Crippen LogP contribution in [0, 0.1) is 10.1 Å². The van der Waals surface area contributed by atoms with Crippen molar-refractivity contribution in [3.05, 3.63) is 118 Å². The summed E-state index contributed by atoms with van der Waals surface area (Å²) in [4.78, 5) is 11.6. The topological polar surface area (TPSA) is 48.1 Å². The Morgan fingerprint density at radius 3 is 2.12 bits per heavy atom. The van der Waals surface area contributed by atoms with Crippen LogP contribution in [0.1, 0.15) is 25.0 Å². The van der Waals surface area contributed by atoms with Gasteiger partial charge in [0, 0.05) is 28.1 Å². The van der Waals surface area contributed by atoms with Crippen LogP contribution in [-0.4, -0.2) is 9.49 Å². The molecule has 1 aliphatic rings. The molecule has 0 fully saturated rings. The Morgan fingerprint density at radius 2 is 1.36 bits per heavy atom. The maximum absolute atomic E-state index is 11.9. The highest BCUT2D eigenvalue weighted by molar-refractivity contribution is 6.07. The van der Waals surface area contributed by atoms with Gasteiger partial charge in [-0.3, -0.25) is 10.1 Å². The van der Waals surface area contributed by atoms with E-state index >= 15 is 0 Å². The van der Waals surface area contributed by atoms with Crippen LogP contribution in [0.3, 0.4) is 0 Å². The zero-order valence-electron chi connectivity index (χ0n) is 18.4. The van der Waals surface area contributed by atoms with Crippen LogP contribution in [0.4, 0.5) is 5.69 Å². The number of nitro groups is 1. The molecule has 160 valence electrons. The summed E-state index contributed by atoms with van der Waals surface area (Å²) < 4.78 is 2.32. The number of rotatable bonds is 3. The molecule has 1 aliphatic carbocycles. The first-order valence-electron chi connectivity index (χ1n) is 11.1. The first-order valence-corrected chi connectivity index (χ1v) is 11.1. The molecule has 0 radical (unpaired) electrons. The third-order valence-corrected chi connectivity index (χ3v) is 6.88. The van der Waals surface area contributed by atoms with Crippen molar-refractivity contribution in [2.45, 2.75) is 19.3 Å². The molecule has 0 spiro atoms. The van der Waals surface area contributed by atoms with Crippen LogP contribution in [0.2, 0.25) is 0 Å². The summed E-state index contributed by atoms with van der Waals surface area (Å²) in [6, 6.07) is 32.1. The van der Waals surface area contributed by atoms with Gasteiger partial charge in [-0.25, -0.2) is 0 Å². The third-order valence-electron chi connectivity index (χ3n) is 6.88. The fourth-order valence-corrected chi connectivity index (χ4v) is 5.50. The van der Waals surface area contributed by atoms with Crippen molar-refractivity contribution < 1.29 is 4.92 Å². The number of nitrogens with zero attached hydrogens (tertiary/aromatic N) is 2. The molecule has 4 aromatic carbocycles. The SMILES string of the molecule is CC1(C)c2ccccc2-c2c1c1c(-c3ccccc3[N+](=O)[O-])cccc1n2-c1ccccc1. The molecule has 0 amide bonds. The summed E-state index contributed by atoms with van der Waals surface area (Å²) in [7, 11) is 0. The molecule has 0 bridgehead atoms. The average Bonchev–Trinajstić information content (AvgIpc) is 3.31. The van der Waals surface area contributed by atoms with Crippen LogP contribution in [-0.2, 0) is 5.41 Å². The Morgan fingerprint density at radius 1 is 0.727 bits per heavy atom. The van der Waals surface area contributed by atoms with Gasteiger partial charge in [-0.15, -0.1) is 0 Å². The lowest BCUT2D eigenvalue weighted by molar-refractivity contribution is -0.384. The van der Waals surface area contributed by atoms with E-state index < -0.39 is 0 Å². The van der Waals surface area contributed by atoms with E-state index in [1.807, 2.05) is 42.5 Å². The fourth-order valence-electron chi connectivity index (χ4n) is 5.50. The van der Waals surface area contributed by atoms with Gasteiger partial charge in [0.1, 0.15) is 0 Å². The van der Waals surface area contributed by atoms with Gasteiger partial charge in [0.25, 0.3) is 5.69 Å². The van der Waals surface area contributed by atoms with Crippen LogP contribution in [0.5, 0.6) is 0 Å². The van der Waals surface area contributed by atoms with Crippen molar-refractivity contribution in [1.29, 1.82) is 0 Å². The van der Waals surface area contributed by atoms with E-state index in [9.17, 15) is 10.1 Å². The molecular formula is C29H22N2O2. The Hall–Kier alpha value is -4.18. The van der Waals surface area contributed by atoms with Gasteiger partial charge in [0.2, 0.25) is 0 Å². The largest absolute Gasteiger partial charge is 0.309 e. The molecule has 0 aliphatic heterocycles. The maximum Gasteiger partial charge on any atom is 0.277 e. The zero-order chi connectivity index (χ0) is 22.7. The van der Waals surface area contributed by atoms with Gasteiger partial charge in [0.05, 0.1) is 21.7 Å². The third kappa shape index (κ3) is 2.64. The lowest BCUT2D eigenvalue weighted by Gasteiger charge is -2.22. The highest BCUT2D eigenvalue weighted by Crippen LogP contribution is 2.55. The van der Waals surface area contributed by atoms with Crippen molar-refractivity contribution in [3.63, 3.8) is 0 Å². The van der Waals surface area contributed by atoms with Crippen LogP contribution in [0.25, 0.3) is 39.0 Å². The summed E-state index contributed by atoms with van der Waals surface area (Å²) in [6.07, 6.45) is 0. The van der Waals surface area contributed by atoms with Gasteiger partial charge < -0.3 is 4.57 Å². The first kappa shape index (κ1) is 19.5. The Labute approximate surface area is 191 Å². The minimum atomic E-state index is -0.289. The molecule has 4 nitrogen and oxygen atoms in total. The second-order valence-electron chi connectivity index (χ2n) is 9.04. The summed E-state index contributed by atoms with van der Waals surface area (Å²) in [6.45, 7) is 4.51. The predicted octanol–water partition coefficient (Wildman–Crippen LogP) is 7.51. The number of aromatic nitrogens is 1. The summed E-state index contributed by atoms with van der Waals surface area (Å²) >= 11 is 0. The lowest BCUT2D eigenvalue weighted by Crippen LogP contribution is -2.15. The molecular weight excluding hydrogens is 408 g/mol. The Kier molecular flexibility index (Phi) is 4.08. The van der Waals surface area contributed by atoms with Gasteiger partial charge in [-0.2, -0.15) is 0 Å². The monoisotopic (exact) mass is 430 g/mol. The van der Waals surface area contributed by atoms with E-state index in [0.717, 1.165) is 22.2 Å². The van der Waals surface area contributed by atoms with Crippen molar-refractivity contribution in [2.75, 3.05) is 0 Å². The predicted molar refractivity (Wildman–Crippen MR) is 133 cm³/mol. The average molecular weight is 431 g/mol. The van der Waals surface area contributed by atoms with Crippen molar-refractivity contribution in [3.8, 4) is 28.1 Å². The number of para-hydroxylation sites is 2.